The molecule has 2 rings (SSSR count). The molecule has 0 saturated carbocycles. The van der Waals surface area contributed by atoms with Crippen LogP contribution in [0.3, 0.4) is 0 Å². The van der Waals surface area contributed by atoms with Crippen molar-refractivity contribution in [3.63, 3.8) is 0 Å². The second-order valence-electron chi connectivity index (χ2n) is 5.93. The first-order valence-electron chi connectivity index (χ1n) is 8.54. The van der Waals surface area contributed by atoms with Crippen molar-refractivity contribution in [2.45, 2.75) is 19.5 Å². The molecule has 0 unspecified atom stereocenters. The van der Waals surface area contributed by atoms with Crippen LogP contribution in [0.4, 0.5) is 17.6 Å². The number of hydrogen-bond donors (Lipinski definition) is 0. The molecule has 0 amide bonds. The van der Waals surface area contributed by atoms with Crippen LogP contribution >= 0.6 is 23.2 Å². The lowest BCUT2D eigenvalue weighted by Gasteiger charge is -2.14. The zero-order valence-electron chi connectivity index (χ0n) is 15.4. The van der Waals surface area contributed by atoms with E-state index in [9.17, 15) is 17.6 Å². The molecule has 9 heteroatoms. The molecule has 0 fully saturated rings. The van der Waals surface area contributed by atoms with E-state index < -0.39 is 17.0 Å². The average Bonchev–Trinajstić information content (AvgIpc) is 2.62. The second kappa shape index (κ2) is 10.6. The van der Waals surface area contributed by atoms with Crippen molar-refractivity contribution >= 4 is 23.2 Å². The third-order valence-corrected chi connectivity index (χ3v) is 4.11. The van der Waals surface area contributed by atoms with E-state index in [0.29, 0.717) is 35.3 Å². The fourth-order valence-electron chi connectivity index (χ4n) is 2.33. The van der Waals surface area contributed by atoms with Crippen LogP contribution in [-0.2, 0) is 6.18 Å². The van der Waals surface area contributed by atoms with E-state index in [2.05, 4.69) is 0 Å². The molecule has 0 saturated heterocycles. The number of ether oxygens (including phenoxy) is 3. The van der Waals surface area contributed by atoms with Crippen LogP contribution in [0, 0.1) is 6.92 Å². The molecule has 0 atom stereocenters. The fourth-order valence-corrected chi connectivity index (χ4v) is 2.70. The van der Waals surface area contributed by atoms with Crippen LogP contribution in [0.15, 0.2) is 47.8 Å². The molecule has 0 heterocycles. The van der Waals surface area contributed by atoms with Crippen molar-refractivity contribution in [2.75, 3.05) is 19.8 Å². The Labute approximate surface area is 175 Å². The molecule has 29 heavy (non-hydrogen) atoms. The van der Waals surface area contributed by atoms with Gasteiger partial charge >= 0.3 is 6.18 Å². The highest BCUT2D eigenvalue weighted by Gasteiger charge is 2.29. The smallest absolute Gasteiger partial charge is 0.416 e. The second-order valence-corrected chi connectivity index (χ2v) is 6.70. The minimum atomic E-state index is -4.37. The highest BCUT2D eigenvalue weighted by molar-refractivity contribution is 6.32. The van der Waals surface area contributed by atoms with Crippen LogP contribution in [0.2, 0.25) is 5.02 Å². The highest BCUT2D eigenvalue weighted by Crippen LogP contribution is 2.33. The van der Waals surface area contributed by atoms with Gasteiger partial charge in [-0.2, -0.15) is 17.6 Å². The summed E-state index contributed by atoms with van der Waals surface area (Å²) in [6.45, 7) is 2.30. The van der Waals surface area contributed by atoms with Gasteiger partial charge in [0.05, 0.1) is 23.8 Å². The number of rotatable bonds is 9. The summed E-state index contributed by atoms with van der Waals surface area (Å²) in [6.07, 6.45) is -2.80. The van der Waals surface area contributed by atoms with Gasteiger partial charge in [-0.3, -0.25) is 0 Å². The molecule has 0 spiro atoms. The largest absolute Gasteiger partial charge is 0.493 e. The van der Waals surface area contributed by atoms with E-state index in [0.717, 1.165) is 23.8 Å². The quantitative estimate of drug-likeness (QED) is 0.304. The van der Waals surface area contributed by atoms with Gasteiger partial charge in [0.1, 0.15) is 23.9 Å². The maximum atomic E-state index is 12.5. The molecule has 0 bridgehead atoms. The number of halogens is 6. The van der Waals surface area contributed by atoms with Crippen LogP contribution < -0.4 is 14.2 Å². The van der Waals surface area contributed by atoms with Gasteiger partial charge in [-0.1, -0.05) is 23.2 Å². The molecular weight excluding hydrogens is 435 g/mol. The SMILES string of the molecule is Cc1cc(OCC=C(F)Cl)cc(Cl)c1OCCCOc1ccc(C(F)(F)F)cc1. The first kappa shape index (κ1) is 23.2. The van der Waals surface area contributed by atoms with Gasteiger partial charge < -0.3 is 14.2 Å². The Morgan fingerprint density at radius 1 is 1.00 bits per heavy atom. The van der Waals surface area contributed by atoms with E-state index in [1.807, 2.05) is 0 Å². The van der Waals surface area contributed by atoms with Crippen molar-refractivity contribution < 1.29 is 31.8 Å². The lowest BCUT2D eigenvalue weighted by atomic mass is 10.2. The van der Waals surface area contributed by atoms with Gasteiger partial charge in [-0.15, -0.1) is 0 Å². The molecule has 158 valence electrons. The number of aryl methyl sites for hydroxylation is 1. The van der Waals surface area contributed by atoms with E-state index in [1.54, 1.807) is 19.1 Å². The van der Waals surface area contributed by atoms with E-state index in [1.165, 1.54) is 12.1 Å². The summed E-state index contributed by atoms with van der Waals surface area (Å²) in [5.41, 5.74) is 0.000948. The van der Waals surface area contributed by atoms with Gasteiger partial charge in [0.2, 0.25) is 0 Å². The summed E-state index contributed by atoms with van der Waals surface area (Å²) in [6, 6.07) is 7.72. The minimum Gasteiger partial charge on any atom is -0.493 e. The van der Waals surface area contributed by atoms with Crippen molar-refractivity contribution in [1.29, 1.82) is 0 Å². The Hall–Kier alpha value is -2.12. The van der Waals surface area contributed by atoms with Crippen LogP contribution in [-0.4, -0.2) is 19.8 Å². The van der Waals surface area contributed by atoms with E-state index in [-0.39, 0.29) is 13.2 Å². The molecule has 0 aliphatic heterocycles. The van der Waals surface area contributed by atoms with Gasteiger partial charge in [0.15, 0.2) is 5.29 Å². The molecule has 0 aromatic heterocycles. The first-order chi connectivity index (χ1) is 13.7. The molecule has 0 radical (unpaired) electrons. The van der Waals surface area contributed by atoms with Crippen LogP contribution in [0.25, 0.3) is 0 Å². The van der Waals surface area contributed by atoms with Crippen molar-refractivity contribution in [2.24, 2.45) is 0 Å². The molecule has 2 aromatic rings. The summed E-state index contributed by atoms with van der Waals surface area (Å²) in [5, 5.41) is -0.523. The molecule has 0 aliphatic carbocycles. The number of benzene rings is 2. The number of hydrogen-bond acceptors (Lipinski definition) is 3. The molecule has 0 aliphatic rings. The lowest BCUT2D eigenvalue weighted by molar-refractivity contribution is -0.137. The summed E-state index contributed by atoms with van der Waals surface area (Å²) in [5.74, 6) is 1.27. The van der Waals surface area contributed by atoms with Gasteiger partial charge in [-0.25, -0.2) is 0 Å². The normalized spacial score (nSPS) is 12.0. The predicted octanol–water partition coefficient (Wildman–Crippen LogP) is 6.94. The van der Waals surface area contributed by atoms with E-state index in [4.69, 9.17) is 37.4 Å². The molecule has 3 nitrogen and oxygen atoms in total. The molecular formula is C20H18Cl2F4O3. The standard InChI is InChI=1S/C20H18Cl2F4O3/c1-13-11-16(28-10-7-18(22)23)12-17(21)19(13)29-9-2-8-27-15-5-3-14(4-6-15)20(24,25)26/h3-7,11-12H,2,8-10H2,1H3. The summed E-state index contributed by atoms with van der Waals surface area (Å²) >= 11 is 11.3. The zero-order valence-corrected chi connectivity index (χ0v) is 16.9. The first-order valence-corrected chi connectivity index (χ1v) is 9.29. The lowest BCUT2D eigenvalue weighted by Crippen LogP contribution is -2.07. The van der Waals surface area contributed by atoms with Crippen LogP contribution in [0.5, 0.6) is 17.2 Å². The third-order valence-electron chi connectivity index (χ3n) is 3.68. The average molecular weight is 453 g/mol. The zero-order chi connectivity index (χ0) is 21.4. The van der Waals surface area contributed by atoms with Crippen LogP contribution in [0.1, 0.15) is 17.5 Å². The van der Waals surface area contributed by atoms with E-state index >= 15 is 0 Å². The highest BCUT2D eigenvalue weighted by atomic mass is 35.5. The maximum absolute atomic E-state index is 12.5. The van der Waals surface area contributed by atoms with Gasteiger partial charge in [0.25, 0.3) is 0 Å². The van der Waals surface area contributed by atoms with Gasteiger partial charge in [-0.05, 0) is 42.8 Å². The Balaban J connectivity index is 1.79. The predicted molar refractivity (Wildman–Crippen MR) is 104 cm³/mol. The Morgan fingerprint density at radius 3 is 2.24 bits per heavy atom. The maximum Gasteiger partial charge on any atom is 0.416 e. The monoisotopic (exact) mass is 452 g/mol. The number of alkyl halides is 3. The van der Waals surface area contributed by atoms with Crippen molar-refractivity contribution in [3.05, 3.63) is 63.9 Å². The minimum absolute atomic E-state index is 0.0351. The topological polar surface area (TPSA) is 27.7 Å². The Morgan fingerprint density at radius 2 is 1.66 bits per heavy atom. The Kier molecular flexibility index (Phi) is 8.46. The van der Waals surface area contributed by atoms with Crippen molar-refractivity contribution in [3.8, 4) is 17.2 Å². The molecule has 0 N–H and O–H groups in total. The van der Waals surface area contributed by atoms with Crippen molar-refractivity contribution in [1.82, 2.24) is 0 Å². The van der Waals surface area contributed by atoms with Gasteiger partial charge in [0, 0.05) is 18.6 Å². The fraction of sp³-hybridized carbons (Fsp3) is 0.300. The Bertz CT molecular complexity index is 810. The molecule has 2 aromatic carbocycles. The third kappa shape index (κ3) is 7.66. The summed E-state index contributed by atoms with van der Waals surface area (Å²) in [7, 11) is 0. The summed E-state index contributed by atoms with van der Waals surface area (Å²) < 4.78 is 66.4. The summed E-state index contributed by atoms with van der Waals surface area (Å²) in [4.78, 5) is 0.